The van der Waals surface area contributed by atoms with Crippen molar-refractivity contribution in [3.05, 3.63) is 29.8 Å². The largest absolute Gasteiger partial charge is 0.491 e. The van der Waals surface area contributed by atoms with Crippen molar-refractivity contribution in [1.29, 1.82) is 0 Å². The predicted octanol–water partition coefficient (Wildman–Crippen LogP) is 0.721. The van der Waals surface area contributed by atoms with Crippen molar-refractivity contribution in [3.63, 3.8) is 0 Å². The smallest absolute Gasteiger partial charge is 0.255 e. The van der Waals surface area contributed by atoms with Gasteiger partial charge in [-0.25, -0.2) is 0 Å². The van der Waals surface area contributed by atoms with E-state index in [-0.39, 0.29) is 36.3 Å². The van der Waals surface area contributed by atoms with E-state index in [1.165, 1.54) is 0 Å². The first-order valence-electron chi connectivity index (χ1n) is 12.8. The van der Waals surface area contributed by atoms with E-state index in [9.17, 15) is 19.2 Å². The van der Waals surface area contributed by atoms with Gasteiger partial charge in [0.15, 0.2) is 0 Å². The van der Waals surface area contributed by atoms with Crippen molar-refractivity contribution in [3.8, 4) is 5.75 Å². The first kappa shape index (κ1) is 27.4. The fourth-order valence-electron chi connectivity index (χ4n) is 4.51. The molecular formula is C26H39N5O5. The van der Waals surface area contributed by atoms with E-state index >= 15 is 0 Å². The highest BCUT2D eigenvalue weighted by molar-refractivity contribution is 6.01. The molecule has 36 heavy (non-hydrogen) atoms. The van der Waals surface area contributed by atoms with Crippen LogP contribution in [0.25, 0.3) is 0 Å². The van der Waals surface area contributed by atoms with E-state index in [1.54, 1.807) is 34.1 Å². The van der Waals surface area contributed by atoms with Gasteiger partial charge in [0.05, 0.1) is 18.5 Å². The molecule has 2 aliphatic rings. The molecule has 0 aromatic heterocycles. The topological polar surface area (TPSA) is 111 Å². The zero-order valence-corrected chi connectivity index (χ0v) is 21.8. The molecule has 0 aliphatic carbocycles. The third-order valence-electron chi connectivity index (χ3n) is 6.59. The van der Waals surface area contributed by atoms with E-state index in [1.807, 2.05) is 27.8 Å². The Bertz CT molecular complexity index is 944. The van der Waals surface area contributed by atoms with Crippen LogP contribution in [0.4, 0.5) is 0 Å². The van der Waals surface area contributed by atoms with Crippen molar-refractivity contribution >= 4 is 23.6 Å². The van der Waals surface area contributed by atoms with Crippen LogP contribution >= 0.6 is 0 Å². The Morgan fingerprint density at radius 1 is 1.06 bits per heavy atom. The Balaban J connectivity index is 1.92. The van der Waals surface area contributed by atoms with Crippen LogP contribution in [0.3, 0.4) is 0 Å². The minimum absolute atomic E-state index is 0.169. The van der Waals surface area contributed by atoms with E-state index < -0.39 is 23.9 Å². The maximum Gasteiger partial charge on any atom is 0.255 e. The Hall–Kier alpha value is -3.14. The molecule has 1 saturated heterocycles. The number of para-hydroxylation sites is 1. The molecule has 2 N–H and O–H groups in total. The fourth-order valence-corrected chi connectivity index (χ4v) is 4.51. The first-order valence-corrected chi connectivity index (χ1v) is 12.8. The summed E-state index contributed by atoms with van der Waals surface area (Å²) in [6.45, 7) is 9.28. The number of hydrogen-bond donors (Lipinski definition) is 2. The lowest BCUT2D eigenvalue weighted by Gasteiger charge is -2.35. The number of carbonyl (C=O) groups is 4. The summed E-state index contributed by atoms with van der Waals surface area (Å²) >= 11 is 0. The molecule has 198 valence electrons. The van der Waals surface area contributed by atoms with Crippen molar-refractivity contribution in [1.82, 2.24) is 25.3 Å². The molecule has 4 amide bonds. The summed E-state index contributed by atoms with van der Waals surface area (Å²) < 4.78 is 5.90. The Morgan fingerprint density at radius 3 is 2.42 bits per heavy atom. The summed E-state index contributed by atoms with van der Waals surface area (Å²) in [4.78, 5) is 58.6. The molecule has 2 heterocycles. The highest BCUT2D eigenvalue weighted by atomic mass is 16.5. The number of ether oxygens (including phenoxy) is 1. The van der Waals surface area contributed by atoms with Gasteiger partial charge < -0.3 is 30.1 Å². The molecule has 1 fully saturated rings. The lowest BCUT2D eigenvalue weighted by atomic mass is 10.0. The Labute approximate surface area is 213 Å². The van der Waals surface area contributed by atoms with Crippen molar-refractivity contribution in [2.75, 3.05) is 52.9 Å². The van der Waals surface area contributed by atoms with Gasteiger partial charge in [-0.1, -0.05) is 26.0 Å². The molecule has 0 unspecified atom stereocenters. The van der Waals surface area contributed by atoms with Crippen LogP contribution in [0.2, 0.25) is 0 Å². The van der Waals surface area contributed by atoms with Crippen LogP contribution in [0.15, 0.2) is 24.3 Å². The molecule has 10 heteroatoms. The lowest BCUT2D eigenvalue weighted by Crippen LogP contribution is -2.56. The molecule has 1 aromatic carbocycles. The van der Waals surface area contributed by atoms with Gasteiger partial charge in [-0.15, -0.1) is 0 Å². The van der Waals surface area contributed by atoms with Crippen LogP contribution in [-0.2, 0) is 14.4 Å². The molecule has 0 spiro atoms. The summed E-state index contributed by atoms with van der Waals surface area (Å²) in [7, 11) is 1.99. The maximum atomic E-state index is 13.4. The van der Waals surface area contributed by atoms with Gasteiger partial charge in [-0.3, -0.25) is 19.2 Å². The highest BCUT2D eigenvalue weighted by Crippen LogP contribution is 2.19. The average molecular weight is 502 g/mol. The number of rotatable bonds is 4. The number of benzene rings is 1. The minimum atomic E-state index is -1.06. The average Bonchev–Trinajstić information content (AvgIpc) is 2.85. The third kappa shape index (κ3) is 7.19. The zero-order valence-electron chi connectivity index (χ0n) is 21.8. The van der Waals surface area contributed by atoms with Gasteiger partial charge in [0, 0.05) is 32.7 Å². The summed E-state index contributed by atoms with van der Waals surface area (Å²) in [5.74, 6) is -0.880. The Kier molecular flexibility index (Phi) is 9.69. The number of nitrogens with one attached hydrogen (secondary N) is 2. The number of amides is 4. The summed E-state index contributed by atoms with van der Waals surface area (Å²) in [6.07, 6.45) is 0.210. The van der Waals surface area contributed by atoms with Gasteiger partial charge in [-0.05, 0) is 38.4 Å². The fraction of sp³-hybridized carbons (Fsp3) is 0.615. The van der Waals surface area contributed by atoms with Crippen molar-refractivity contribution in [2.24, 2.45) is 5.92 Å². The number of nitrogens with zero attached hydrogens (tertiary/aromatic N) is 3. The van der Waals surface area contributed by atoms with E-state index in [0.29, 0.717) is 51.4 Å². The second kappa shape index (κ2) is 12.7. The quantitative estimate of drug-likeness (QED) is 0.629. The molecule has 0 radical (unpaired) electrons. The number of likely N-dealkylation sites (N-methyl/N-ethyl adjacent to an activating group) is 2. The molecule has 1 aromatic rings. The zero-order chi connectivity index (χ0) is 26.2. The van der Waals surface area contributed by atoms with Crippen molar-refractivity contribution in [2.45, 2.75) is 45.7 Å². The van der Waals surface area contributed by atoms with Crippen LogP contribution in [0.1, 0.15) is 44.0 Å². The number of carbonyl (C=O) groups excluding carboxylic acids is 4. The van der Waals surface area contributed by atoms with Gasteiger partial charge in [0.1, 0.15) is 24.4 Å². The standard InChI is InChI=1S/C26H39N5O5/c1-5-30-14-15-36-22-9-7-6-8-19(22)24(33)28-21(26(35)31-12-10-29(4)11-13-31)17-23(32)27-20(25(30)34)16-18(2)3/h6-9,18,20-21H,5,10-17H2,1-4H3,(H,27,32)(H,28,33)/t20-,21+/m1/s1. The number of piperazine rings is 1. The van der Waals surface area contributed by atoms with Gasteiger partial charge in [-0.2, -0.15) is 0 Å². The second-order valence-electron chi connectivity index (χ2n) is 9.87. The van der Waals surface area contributed by atoms with E-state index in [4.69, 9.17) is 4.74 Å². The first-order chi connectivity index (χ1) is 17.2. The van der Waals surface area contributed by atoms with Crippen LogP contribution in [-0.4, -0.2) is 103 Å². The van der Waals surface area contributed by atoms with Gasteiger partial charge in [0.25, 0.3) is 5.91 Å². The second-order valence-corrected chi connectivity index (χ2v) is 9.87. The monoisotopic (exact) mass is 501 g/mol. The lowest BCUT2D eigenvalue weighted by molar-refractivity contribution is -0.139. The number of hydrogen-bond acceptors (Lipinski definition) is 6. The SMILES string of the molecule is CCN1CCOc2ccccc2C(=O)N[C@H](C(=O)N2CCN(C)CC2)CC(=O)N[C@H](CC(C)C)C1=O. The molecule has 3 rings (SSSR count). The van der Waals surface area contributed by atoms with Crippen LogP contribution < -0.4 is 15.4 Å². The minimum Gasteiger partial charge on any atom is -0.491 e. The number of fused-ring (bicyclic) bond motifs is 1. The molecular weight excluding hydrogens is 462 g/mol. The molecule has 0 bridgehead atoms. The van der Waals surface area contributed by atoms with Crippen LogP contribution in [0, 0.1) is 5.92 Å². The summed E-state index contributed by atoms with van der Waals surface area (Å²) in [6, 6.07) is 5.00. The van der Waals surface area contributed by atoms with Gasteiger partial charge >= 0.3 is 0 Å². The third-order valence-corrected chi connectivity index (χ3v) is 6.59. The Morgan fingerprint density at radius 2 is 1.75 bits per heavy atom. The van der Waals surface area contributed by atoms with E-state index in [0.717, 1.165) is 0 Å². The predicted molar refractivity (Wildman–Crippen MR) is 136 cm³/mol. The van der Waals surface area contributed by atoms with Crippen molar-refractivity contribution < 1.29 is 23.9 Å². The molecule has 2 atom stereocenters. The normalized spacial score (nSPS) is 22.9. The van der Waals surface area contributed by atoms with Gasteiger partial charge in [0.2, 0.25) is 17.7 Å². The summed E-state index contributed by atoms with van der Waals surface area (Å²) in [5, 5.41) is 5.62. The van der Waals surface area contributed by atoms with E-state index in [2.05, 4.69) is 15.5 Å². The molecule has 10 nitrogen and oxygen atoms in total. The summed E-state index contributed by atoms with van der Waals surface area (Å²) in [5.41, 5.74) is 0.276. The molecule has 2 aliphatic heterocycles. The molecule has 0 saturated carbocycles. The highest BCUT2D eigenvalue weighted by Gasteiger charge is 2.33. The van der Waals surface area contributed by atoms with Crippen LogP contribution in [0.5, 0.6) is 5.75 Å². The maximum absolute atomic E-state index is 13.4.